The van der Waals surface area contributed by atoms with Crippen LogP contribution in [0.4, 0.5) is 9.18 Å². The first kappa shape index (κ1) is 24.0. The number of rotatable bonds is 6. The van der Waals surface area contributed by atoms with E-state index in [4.69, 9.17) is 16.3 Å². The normalized spacial score (nSPS) is 14.9. The molecule has 4 rings (SSSR count). The number of ether oxygens (including phenoxy) is 1. The highest BCUT2D eigenvalue weighted by Gasteiger charge is 2.35. The van der Waals surface area contributed by atoms with Gasteiger partial charge >= 0.3 is 0 Å². The van der Waals surface area contributed by atoms with Crippen LogP contribution in [0.2, 0.25) is 5.02 Å². The third kappa shape index (κ3) is 5.69. The Hall–Kier alpha value is -2.13. The first-order chi connectivity index (χ1) is 15.8. The number of amides is 2. The Morgan fingerprint density at radius 1 is 1.03 bits per heavy atom. The van der Waals surface area contributed by atoms with E-state index in [0.717, 1.165) is 28.3 Å². The minimum Gasteiger partial charge on any atom is -0.487 e. The van der Waals surface area contributed by atoms with Crippen LogP contribution in [0.15, 0.2) is 74.5 Å². The van der Waals surface area contributed by atoms with E-state index >= 15 is 0 Å². The predicted octanol–water partition coefficient (Wildman–Crippen LogP) is 7.82. The Kier molecular flexibility index (Phi) is 7.58. The first-order valence-electron chi connectivity index (χ1n) is 9.67. The summed E-state index contributed by atoms with van der Waals surface area (Å²) in [6, 6.07) is 17.3. The molecule has 1 saturated heterocycles. The van der Waals surface area contributed by atoms with Crippen molar-refractivity contribution in [3.63, 3.8) is 0 Å². The topological polar surface area (TPSA) is 46.6 Å². The third-order valence-electron chi connectivity index (χ3n) is 4.76. The van der Waals surface area contributed by atoms with Gasteiger partial charge in [-0.2, -0.15) is 0 Å². The van der Waals surface area contributed by atoms with Gasteiger partial charge in [-0.25, -0.2) is 4.39 Å². The molecule has 4 nitrogen and oxygen atoms in total. The summed E-state index contributed by atoms with van der Waals surface area (Å²) in [5.41, 5.74) is 2.24. The molecule has 0 bridgehead atoms. The van der Waals surface area contributed by atoms with Gasteiger partial charge in [0, 0.05) is 5.02 Å². The van der Waals surface area contributed by atoms with Gasteiger partial charge in [-0.15, -0.1) is 0 Å². The molecule has 1 aliphatic heterocycles. The molecule has 0 aromatic heterocycles. The van der Waals surface area contributed by atoms with Crippen LogP contribution in [0.25, 0.3) is 6.08 Å². The average molecular weight is 612 g/mol. The molecule has 3 aromatic rings. The van der Waals surface area contributed by atoms with Crippen molar-refractivity contribution in [1.82, 2.24) is 4.90 Å². The zero-order chi connectivity index (χ0) is 23.5. The van der Waals surface area contributed by atoms with E-state index in [1.54, 1.807) is 6.08 Å². The third-order valence-corrected chi connectivity index (χ3v) is 7.20. The van der Waals surface area contributed by atoms with Gasteiger partial charge < -0.3 is 4.74 Å². The van der Waals surface area contributed by atoms with Crippen molar-refractivity contribution in [1.29, 1.82) is 0 Å². The molecule has 0 N–H and O–H groups in total. The summed E-state index contributed by atoms with van der Waals surface area (Å²) in [5, 5.41) is -0.246. The second kappa shape index (κ2) is 10.4. The largest absolute Gasteiger partial charge is 0.487 e. The molecule has 0 unspecified atom stereocenters. The monoisotopic (exact) mass is 609 g/mol. The molecule has 33 heavy (non-hydrogen) atoms. The Morgan fingerprint density at radius 3 is 2.39 bits per heavy atom. The fraction of sp³-hybridized carbons (Fsp3) is 0.0833. The lowest BCUT2D eigenvalue weighted by atomic mass is 10.2. The maximum Gasteiger partial charge on any atom is 0.293 e. The quantitative estimate of drug-likeness (QED) is 0.267. The number of thioether (sulfide) groups is 1. The standard InChI is InChI=1S/C24H15Br2ClFNO3S/c25-18-8-15(9-19(26)22(18)32-13-14-4-2-1-3-5-14)10-21-23(30)29(24(31)33-21)12-16-6-7-17(28)11-20(16)27/h1-11H,12-13H2/b21-10-. The van der Waals surface area contributed by atoms with Crippen LogP contribution in [0, 0.1) is 5.82 Å². The summed E-state index contributed by atoms with van der Waals surface area (Å²) < 4.78 is 20.6. The van der Waals surface area contributed by atoms with Crippen LogP contribution in [0.5, 0.6) is 5.75 Å². The molecule has 0 atom stereocenters. The lowest BCUT2D eigenvalue weighted by Gasteiger charge is -2.13. The molecular weight excluding hydrogens is 597 g/mol. The SMILES string of the molecule is O=C1S/C(=C\c2cc(Br)c(OCc3ccccc3)c(Br)c2)C(=O)N1Cc1ccc(F)cc1Cl. The Balaban J connectivity index is 1.51. The number of carbonyl (C=O) groups is 2. The van der Waals surface area contributed by atoms with Crippen LogP contribution in [-0.4, -0.2) is 16.0 Å². The zero-order valence-electron chi connectivity index (χ0n) is 16.9. The van der Waals surface area contributed by atoms with Crippen molar-refractivity contribution in [2.75, 3.05) is 0 Å². The van der Waals surface area contributed by atoms with Crippen LogP contribution in [-0.2, 0) is 17.9 Å². The number of halogens is 4. The second-order valence-electron chi connectivity index (χ2n) is 7.09. The maximum absolute atomic E-state index is 13.3. The van der Waals surface area contributed by atoms with Crippen LogP contribution < -0.4 is 4.74 Å². The van der Waals surface area contributed by atoms with Gasteiger partial charge in [-0.3, -0.25) is 14.5 Å². The minimum absolute atomic E-state index is 0.0270. The Morgan fingerprint density at radius 2 is 1.73 bits per heavy atom. The van der Waals surface area contributed by atoms with E-state index in [0.29, 0.717) is 32.4 Å². The predicted molar refractivity (Wildman–Crippen MR) is 136 cm³/mol. The number of benzene rings is 3. The summed E-state index contributed by atoms with van der Waals surface area (Å²) in [5.74, 6) is -0.276. The van der Waals surface area contributed by atoms with Gasteiger partial charge in [0.2, 0.25) is 0 Å². The van der Waals surface area contributed by atoms with E-state index in [2.05, 4.69) is 31.9 Å². The number of carbonyl (C=O) groups excluding carboxylic acids is 2. The summed E-state index contributed by atoms with van der Waals surface area (Å²) in [7, 11) is 0. The van der Waals surface area contributed by atoms with E-state index < -0.39 is 17.0 Å². The van der Waals surface area contributed by atoms with Gasteiger partial charge in [0.25, 0.3) is 11.1 Å². The van der Waals surface area contributed by atoms with Crippen molar-refractivity contribution in [2.45, 2.75) is 13.2 Å². The molecule has 0 saturated carbocycles. The summed E-state index contributed by atoms with van der Waals surface area (Å²) in [6.07, 6.45) is 1.65. The Bertz CT molecular complexity index is 1250. The molecule has 2 amide bonds. The smallest absolute Gasteiger partial charge is 0.293 e. The lowest BCUT2D eigenvalue weighted by molar-refractivity contribution is -0.123. The maximum atomic E-state index is 13.3. The Labute approximate surface area is 216 Å². The van der Waals surface area contributed by atoms with Crippen molar-refractivity contribution in [2.24, 2.45) is 0 Å². The van der Waals surface area contributed by atoms with Gasteiger partial charge in [0.05, 0.1) is 20.4 Å². The highest BCUT2D eigenvalue weighted by atomic mass is 79.9. The first-order valence-corrected chi connectivity index (χ1v) is 12.4. The fourth-order valence-corrected chi connectivity index (χ4v) is 5.65. The molecule has 0 aliphatic carbocycles. The number of hydrogen-bond acceptors (Lipinski definition) is 4. The van der Waals surface area contributed by atoms with Gasteiger partial charge in [0.1, 0.15) is 18.2 Å². The van der Waals surface area contributed by atoms with E-state index in [1.807, 2.05) is 42.5 Å². The van der Waals surface area contributed by atoms with E-state index in [9.17, 15) is 14.0 Å². The van der Waals surface area contributed by atoms with Crippen molar-refractivity contribution in [3.8, 4) is 5.75 Å². The molecule has 1 fully saturated rings. The average Bonchev–Trinajstić information content (AvgIpc) is 3.03. The second-order valence-corrected chi connectivity index (χ2v) is 10.2. The minimum atomic E-state index is -0.481. The van der Waals surface area contributed by atoms with Gasteiger partial charge in [-0.05, 0) is 90.7 Å². The van der Waals surface area contributed by atoms with Crippen LogP contribution in [0.1, 0.15) is 16.7 Å². The number of hydrogen-bond donors (Lipinski definition) is 0. The van der Waals surface area contributed by atoms with E-state index in [-0.39, 0.29) is 16.5 Å². The van der Waals surface area contributed by atoms with Gasteiger partial charge in [-0.1, -0.05) is 48.0 Å². The summed E-state index contributed by atoms with van der Waals surface area (Å²) in [6.45, 7) is 0.378. The highest BCUT2D eigenvalue weighted by molar-refractivity contribution is 9.11. The van der Waals surface area contributed by atoms with Crippen LogP contribution in [0.3, 0.4) is 0 Å². The van der Waals surface area contributed by atoms with Crippen molar-refractivity contribution >= 4 is 72.4 Å². The fourth-order valence-electron chi connectivity index (χ4n) is 3.14. The highest BCUT2D eigenvalue weighted by Crippen LogP contribution is 2.38. The summed E-state index contributed by atoms with van der Waals surface area (Å²) in [4.78, 5) is 26.7. The molecule has 3 aromatic carbocycles. The summed E-state index contributed by atoms with van der Waals surface area (Å²) >= 11 is 13.9. The molecule has 0 spiro atoms. The van der Waals surface area contributed by atoms with Crippen molar-refractivity contribution < 1.29 is 18.7 Å². The molecule has 1 heterocycles. The molecular formula is C24H15Br2ClFNO3S. The zero-order valence-corrected chi connectivity index (χ0v) is 21.6. The molecule has 0 radical (unpaired) electrons. The van der Waals surface area contributed by atoms with Gasteiger partial charge in [0.15, 0.2) is 0 Å². The molecule has 168 valence electrons. The lowest BCUT2D eigenvalue weighted by Crippen LogP contribution is -2.27. The molecule has 1 aliphatic rings. The van der Waals surface area contributed by atoms with Crippen LogP contribution >= 0.6 is 55.2 Å². The van der Waals surface area contributed by atoms with E-state index in [1.165, 1.54) is 12.1 Å². The molecule has 9 heteroatoms. The van der Waals surface area contributed by atoms with Crippen molar-refractivity contribution in [3.05, 3.63) is 102 Å². The number of imide groups is 1. The number of nitrogens with zero attached hydrogens (tertiary/aromatic N) is 1.